The lowest BCUT2D eigenvalue weighted by Gasteiger charge is -1.98. The van der Waals surface area contributed by atoms with Gasteiger partial charge in [0.25, 0.3) is 5.69 Å². The minimum atomic E-state index is -0.538. The molecule has 5 nitrogen and oxygen atoms in total. The monoisotopic (exact) mass is 279 g/mol. The van der Waals surface area contributed by atoms with Crippen LogP contribution in [-0.2, 0) is 0 Å². The highest BCUT2D eigenvalue weighted by molar-refractivity contribution is 6.41. The van der Waals surface area contributed by atoms with Gasteiger partial charge in [0, 0.05) is 17.2 Å². The summed E-state index contributed by atoms with van der Waals surface area (Å²) in [4.78, 5) is 34.9. The lowest BCUT2D eigenvalue weighted by molar-refractivity contribution is -0.385. The Kier molecular flexibility index (Phi) is 2.95. The lowest BCUT2D eigenvalue weighted by Crippen LogP contribution is -2.01. The first-order valence-corrected chi connectivity index (χ1v) is 6.23. The zero-order valence-electron chi connectivity index (χ0n) is 10.8. The Hall–Kier alpha value is -3.08. The van der Waals surface area contributed by atoms with Gasteiger partial charge in [-0.05, 0) is 12.1 Å². The summed E-state index contributed by atoms with van der Waals surface area (Å²) in [5.74, 6) is -0.789. The molecule has 0 aromatic heterocycles. The molecule has 0 bridgehead atoms. The van der Waals surface area contributed by atoms with Gasteiger partial charge in [-0.25, -0.2) is 0 Å². The fourth-order valence-corrected chi connectivity index (χ4v) is 2.33. The zero-order chi connectivity index (χ0) is 15.0. The second-order valence-electron chi connectivity index (χ2n) is 4.58. The Labute approximate surface area is 119 Å². The number of nitro groups is 1. The number of carbonyl (C=O) groups excluding carboxylic acids is 2. The number of ketones is 2. The lowest BCUT2D eigenvalue weighted by atomic mass is 10.1. The molecule has 0 N–H and O–H groups in total. The Bertz CT molecular complexity index is 784. The van der Waals surface area contributed by atoms with Gasteiger partial charge in [0.05, 0.1) is 16.1 Å². The highest BCUT2D eigenvalue weighted by Crippen LogP contribution is 2.29. The fraction of sp³-hybridized carbons (Fsp3) is 0. The first kappa shape index (κ1) is 12.9. The minimum absolute atomic E-state index is 0.0366. The number of nitrogens with zero attached hydrogens (tertiary/aromatic N) is 1. The molecule has 0 amide bonds. The van der Waals surface area contributed by atoms with Crippen molar-refractivity contribution in [1.29, 1.82) is 0 Å². The van der Waals surface area contributed by atoms with Crippen molar-refractivity contribution in [3.8, 4) is 0 Å². The summed E-state index contributed by atoms with van der Waals surface area (Å²) in [6, 6.07) is 12.5. The van der Waals surface area contributed by atoms with E-state index < -0.39 is 16.5 Å². The molecule has 2 aromatic rings. The normalized spacial score (nSPS) is 13.2. The topological polar surface area (TPSA) is 77.3 Å². The summed E-state index contributed by atoms with van der Waals surface area (Å²) < 4.78 is 0. The highest BCUT2D eigenvalue weighted by atomic mass is 16.6. The van der Waals surface area contributed by atoms with Crippen LogP contribution in [0, 0.1) is 10.1 Å². The number of allylic oxidation sites excluding steroid dienone is 1. The number of benzene rings is 2. The quantitative estimate of drug-likeness (QED) is 0.366. The van der Waals surface area contributed by atoms with Crippen molar-refractivity contribution in [2.24, 2.45) is 0 Å². The van der Waals surface area contributed by atoms with Gasteiger partial charge >= 0.3 is 0 Å². The molecule has 2 aromatic carbocycles. The van der Waals surface area contributed by atoms with Crippen LogP contribution < -0.4 is 0 Å². The molecule has 1 aliphatic rings. The number of fused-ring (bicyclic) bond motifs is 1. The van der Waals surface area contributed by atoms with Gasteiger partial charge in [-0.3, -0.25) is 19.7 Å². The van der Waals surface area contributed by atoms with Gasteiger partial charge in [-0.15, -0.1) is 0 Å². The third-order valence-corrected chi connectivity index (χ3v) is 3.34. The molecule has 21 heavy (non-hydrogen) atoms. The van der Waals surface area contributed by atoms with Crippen molar-refractivity contribution in [2.75, 3.05) is 0 Å². The van der Waals surface area contributed by atoms with Crippen LogP contribution in [0.1, 0.15) is 26.3 Å². The molecule has 0 atom stereocenters. The third-order valence-electron chi connectivity index (χ3n) is 3.34. The molecule has 0 fully saturated rings. The molecule has 1 aliphatic carbocycles. The summed E-state index contributed by atoms with van der Waals surface area (Å²) >= 11 is 0. The summed E-state index contributed by atoms with van der Waals surface area (Å²) in [7, 11) is 0. The maximum atomic E-state index is 12.2. The molecule has 102 valence electrons. The van der Waals surface area contributed by atoms with E-state index in [0.717, 1.165) is 0 Å². The van der Waals surface area contributed by atoms with Crippen molar-refractivity contribution in [2.45, 2.75) is 0 Å². The van der Waals surface area contributed by atoms with Crippen LogP contribution in [0.3, 0.4) is 0 Å². The number of hydrogen-bond acceptors (Lipinski definition) is 4. The average molecular weight is 279 g/mol. The average Bonchev–Trinajstić information content (AvgIpc) is 2.73. The summed E-state index contributed by atoms with van der Waals surface area (Å²) in [5.41, 5.74) is 0.749. The summed E-state index contributed by atoms with van der Waals surface area (Å²) in [6.45, 7) is 0. The summed E-state index contributed by atoms with van der Waals surface area (Å²) in [6.07, 6.45) is 1.29. The second-order valence-corrected chi connectivity index (χ2v) is 4.58. The van der Waals surface area contributed by atoms with Crippen molar-refractivity contribution in [3.05, 3.63) is 80.9 Å². The van der Waals surface area contributed by atoms with E-state index in [4.69, 9.17) is 0 Å². The van der Waals surface area contributed by atoms with Gasteiger partial charge in [0.1, 0.15) is 0 Å². The molecule has 0 spiro atoms. The number of hydrogen-bond donors (Lipinski definition) is 0. The Morgan fingerprint density at radius 3 is 1.95 bits per heavy atom. The Balaban J connectivity index is 2.13. The number of carbonyl (C=O) groups is 2. The van der Waals surface area contributed by atoms with Gasteiger partial charge in [0.15, 0.2) is 11.6 Å². The number of para-hydroxylation sites is 1. The molecule has 5 heteroatoms. The Morgan fingerprint density at radius 1 is 0.857 bits per heavy atom. The molecule has 0 saturated heterocycles. The van der Waals surface area contributed by atoms with E-state index in [2.05, 4.69) is 0 Å². The summed E-state index contributed by atoms with van der Waals surface area (Å²) in [5, 5.41) is 11.0. The number of nitro benzene ring substituents is 1. The predicted octanol–water partition coefficient (Wildman–Crippen LogP) is 3.06. The maximum Gasteiger partial charge on any atom is 0.276 e. The van der Waals surface area contributed by atoms with Crippen LogP contribution >= 0.6 is 0 Å². The molecule has 0 aliphatic heterocycles. The molecule has 0 radical (unpaired) electrons. The van der Waals surface area contributed by atoms with Crippen LogP contribution in [0.4, 0.5) is 5.69 Å². The number of rotatable bonds is 2. The molecular weight excluding hydrogens is 270 g/mol. The van der Waals surface area contributed by atoms with Crippen molar-refractivity contribution >= 4 is 23.3 Å². The minimum Gasteiger partial charge on any atom is -0.288 e. The Morgan fingerprint density at radius 2 is 1.38 bits per heavy atom. The third kappa shape index (κ3) is 2.04. The molecular formula is C16H9NO4. The fourth-order valence-electron chi connectivity index (χ4n) is 2.33. The van der Waals surface area contributed by atoms with E-state index in [0.29, 0.717) is 11.1 Å². The first-order valence-electron chi connectivity index (χ1n) is 6.23. The zero-order valence-corrected chi connectivity index (χ0v) is 10.8. The highest BCUT2D eigenvalue weighted by Gasteiger charge is 2.33. The van der Waals surface area contributed by atoms with Crippen LogP contribution in [0.5, 0.6) is 0 Å². The predicted molar refractivity (Wildman–Crippen MR) is 76.2 cm³/mol. The number of Topliss-reactive ketones (excluding diaryl/α,β-unsaturated/α-hetero) is 2. The van der Waals surface area contributed by atoms with E-state index in [1.165, 1.54) is 24.3 Å². The van der Waals surface area contributed by atoms with Crippen LogP contribution in [0.25, 0.3) is 6.08 Å². The van der Waals surface area contributed by atoms with E-state index in [9.17, 15) is 19.7 Å². The van der Waals surface area contributed by atoms with Crippen LogP contribution in [0.15, 0.2) is 54.1 Å². The molecule has 0 heterocycles. The van der Waals surface area contributed by atoms with Gasteiger partial charge < -0.3 is 0 Å². The largest absolute Gasteiger partial charge is 0.288 e. The molecule has 0 saturated carbocycles. The smallest absolute Gasteiger partial charge is 0.276 e. The first-order chi connectivity index (χ1) is 10.1. The van der Waals surface area contributed by atoms with E-state index in [-0.39, 0.29) is 16.8 Å². The molecule has 3 rings (SSSR count). The van der Waals surface area contributed by atoms with Crippen molar-refractivity contribution < 1.29 is 14.5 Å². The van der Waals surface area contributed by atoms with E-state index in [1.54, 1.807) is 30.3 Å². The van der Waals surface area contributed by atoms with Gasteiger partial charge in [0.2, 0.25) is 0 Å². The van der Waals surface area contributed by atoms with Crippen LogP contribution in [0.2, 0.25) is 0 Å². The van der Waals surface area contributed by atoms with Gasteiger partial charge in [-0.2, -0.15) is 0 Å². The SMILES string of the molecule is O=C1C(=Cc2ccccc2[N+](=O)[O-])C(=O)c2ccccc21. The van der Waals surface area contributed by atoms with Crippen molar-refractivity contribution in [3.63, 3.8) is 0 Å². The van der Waals surface area contributed by atoms with Gasteiger partial charge in [-0.1, -0.05) is 36.4 Å². The van der Waals surface area contributed by atoms with Crippen LogP contribution in [-0.4, -0.2) is 16.5 Å². The maximum absolute atomic E-state index is 12.2. The van der Waals surface area contributed by atoms with E-state index >= 15 is 0 Å². The molecule has 0 unspecified atom stereocenters. The second kappa shape index (κ2) is 4.79. The van der Waals surface area contributed by atoms with E-state index in [1.807, 2.05) is 0 Å². The standard InChI is InChI=1S/C16H9NO4/c18-15-11-6-2-3-7-12(11)16(19)13(15)9-10-5-1-4-8-14(10)17(20)21/h1-9H. The van der Waals surface area contributed by atoms with Crippen molar-refractivity contribution in [1.82, 2.24) is 0 Å².